The highest BCUT2D eigenvalue weighted by Gasteiger charge is 2.17. The van der Waals surface area contributed by atoms with Gasteiger partial charge in [-0.1, -0.05) is 12.1 Å². The van der Waals surface area contributed by atoms with Gasteiger partial charge in [-0.2, -0.15) is 5.10 Å². The Morgan fingerprint density at radius 3 is 2.41 bits per heavy atom. The number of ether oxygens (including phenoxy) is 3. The Balaban J connectivity index is 1.50. The summed E-state index contributed by atoms with van der Waals surface area (Å²) >= 11 is 3.31. The van der Waals surface area contributed by atoms with Gasteiger partial charge in [-0.05, 0) is 89.9 Å². The third-order valence-corrected chi connectivity index (χ3v) is 6.17. The van der Waals surface area contributed by atoms with E-state index in [1.54, 1.807) is 80.6 Å². The summed E-state index contributed by atoms with van der Waals surface area (Å²) in [7, 11) is 1.45. The molecule has 3 N–H and O–H groups in total. The summed E-state index contributed by atoms with van der Waals surface area (Å²) in [5.74, 6) is -1.08. The molecule has 0 saturated heterocycles. The van der Waals surface area contributed by atoms with E-state index in [1.165, 1.54) is 13.3 Å². The highest BCUT2D eigenvalue weighted by Crippen LogP contribution is 2.27. The summed E-state index contributed by atoms with van der Waals surface area (Å²) in [6.45, 7) is 3.25. The second-order valence-corrected chi connectivity index (χ2v) is 9.31. The van der Waals surface area contributed by atoms with Crippen molar-refractivity contribution in [1.82, 2.24) is 10.7 Å². The molecule has 0 spiro atoms. The number of amides is 3. The normalized spacial score (nSPS) is 11.3. The van der Waals surface area contributed by atoms with Crippen LogP contribution in [0.15, 0.2) is 76.3 Å². The molecule has 3 aromatic rings. The molecule has 3 aromatic carbocycles. The van der Waals surface area contributed by atoms with Crippen LogP contribution >= 0.6 is 15.9 Å². The fourth-order valence-corrected chi connectivity index (χ4v) is 3.85. The average molecular weight is 625 g/mol. The zero-order chi connectivity index (χ0) is 29.8. The van der Waals surface area contributed by atoms with Gasteiger partial charge in [0.25, 0.3) is 17.7 Å². The van der Waals surface area contributed by atoms with Crippen LogP contribution in [0.1, 0.15) is 40.1 Å². The van der Waals surface area contributed by atoms with Gasteiger partial charge in [0.05, 0.1) is 31.1 Å². The lowest BCUT2D eigenvalue weighted by Crippen LogP contribution is -2.43. The van der Waals surface area contributed by atoms with Crippen molar-refractivity contribution in [3.8, 4) is 11.5 Å². The second-order valence-electron chi connectivity index (χ2n) is 8.45. The van der Waals surface area contributed by atoms with Crippen LogP contribution in [-0.4, -0.2) is 56.3 Å². The van der Waals surface area contributed by atoms with Crippen molar-refractivity contribution in [3.05, 3.63) is 87.9 Å². The van der Waals surface area contributed by atoms with Crippen LogP contribution < -0.4 is 25.5 Å². The minimum atomic E-state index is -0.835. The predicted molar refractivity (Wildman–Crippen MR) is 156 cm³/mol. The first-order valence-electron chi connectivity index (χ1n) is 12.5. The summed E-state index contributed by atoms with van der Waals surface area (Å²) < 4.78 is 16.5. The molecule has 0 saturated carbocycles. The molecular weight excluding hydrogens is 596 g/mol. The molecule has 11 nitrogen and oxygen atoms in total. The average Bonchev–Trinajstić information content (AvgIpc) is 2.96. The number of rotatable bonds is 12. The molecule has 1 atom stereocenters. The number of methoxy groups -OCH3 is 1. The predicted octanol–water partition coefficient (Wildman–Crippen LogP) is 3.92. The third kappa shape index (κ3) is 9.17. The number of nitrogens with one attached hydrogen (secondary N) is 3. The molecule has 0 bridgehead atoms. The first kappa shape index (κ1) is 30.8. The van der Waals surface area contributed by atoms with Crippen molar-refractivity contribution < 1.29 is 33.4 Å². The van der Waals surface area contributed by atoms with Crippen LogP contribution in [0.2, 0.25) is 0 Å². The Morgan fingerprint density at radius 2 is 1.73 bits per heavy atom. The molecule has 0 fully saturated rings. The number of anilines is 1. The van der Waals surface area contributed by atoms with Gasteiger partial charge >= 0.3 is 5.97 Å². The summed E-state index contributed by atoms with van der Waals surface area (Å²) in [6.07, 6.45) is 1.40. The number of hydrogen-bond acceptors (Lipinski definition) is 8. The number of halogens is 1. The lowest BCUT2D eigenvalue weighted by molar-refractivity contribution is -0.122. The van der Waals surface area contributed by atoms with Crippen molar-refractivity contribution in [3.63, 3.8) is 0 Å². The maximum Gasteiger partial charge on any atom is 0.338 e. The molecule has 41 heavy (non-hydrogen) atoms. The van der Waals surface area contributed by atoms with E-state index >= 15 is 0 Å². The van der Waals surface area contributed by atoms with E-state index in [-0.39, 0.29) is 13.2 Å². The van der Waals surface area contributed by atoms with Crippen molar-refractivity contribution in [2.45, 2.75) is 19.9 Å². The SMILES string of the molecule is CCOC(=O)c1ccc(NC(=O)COc2ccc(C=NNC(=O)C(C)NC(=O)c3ccccc3Br)cc2OC)cc1. The first-order chi connectivity index (χ1) is 19.7. The highest BCUT2D eigenvalue weighted by atomic mass is 79.9. The molecule has 3 amide bonds. The molecule has 0 radical (unpaired) electrons. The standard InChI is InChI=1S/C29H29BrN4O7/c1-4-40-29(38)20-10-12-21(13-11-20)33-26(35)17-41-24-14-9-19(15-25(24)39-3)16-31-34-27(36)18(2)32-28(37)22-7-5-6-8-23(22)30/h5-16,18H,4,17H2,1-3H3,(H,32,37)(H,33,35)(H,34,36). The van der Waals surface area contributed by atoms with Gasteiger partial charge in [-0.3, -0.25) is 14.4 Å². The van der Waals surface area contributed by atoms with E-state index in [2.05, 4.69) is 37.1 Å². The Kier molecular flexibility index (Phi) is 11.4. The van der Waals surface area contributed by atoms with Gasteiger partial charge < -0.3 is 24.8 Å². The summed E-state index contributed by atoms with van der Waals surface area (Å²) in [5.41, 5.74) is 4.26. The Morgan fingerprint density at radius 1 is 1.00 bits per heavy atom. The molecule has 12 heteroatoms. The van der Waals surface area contributed by atoms with E-state index in [4.69, 9.17) is 14.2 Å². The van der Waals surface area contributed by atoms with Crippen molar-refractivity contribution in [1.29, 1.82) is 0 Å². The van der Waals surface area contributed by atoms with E-state index in [0.29, 0.717) is 38.3 Å². The maximum atomic E-state index is 12.4. The van der Waals surface area contributed by atoms with Crippen LogP contribution in [0.25, 0.3) is 0 Å². The van der Waals surface area contributed by atoms with Crippen LogP contribution in [-0.2, 0) is 14.3 Å². The van der Waals surface area contributed by atoms with E-state index in [0.717, 1.165) is 0 Å². The first-order valence-corrected chi connectivity index (χ1v) is 13.3. The van der Waals surface area contributed by atoms with Crippen LogP contribution in [0, 0.1) is 0 Å². The monoisotopic (exact) mass is 624 g/mol. The minimum absolute atomic E-state index is 0.275. The summed E-state index contributed by atoms with van der Waals surface area (Å²) in [6, 6.07) is 17.2. The number of benzene rings is 3. The number of nitrogens with zero attached hydrogens (tertiary/aromatic N) is 1. The minimum Gasteiger partial charge on any atom is -0.493 e. The number of esters is 1. The molecule has 3 rings (SSSR count). The Bertz CT molecular complexity index is 1430. The maximum absolute atomic E-state index is 12.4. The molecule has 0 aliphatic heterocycles. The van der Waals surface area contributed by atoms with Crippen molar-refractivity contribution in [2.75, 3.05) is 25.6 Å². The fraction of sp³-hybridized carbons (Fsp3) is 0.207. The second kappa shape index (κ2) is 15.2. The smallest absolute Gasteiger partial charge is 0.338 e. The van der Waals surface area contributed by atoms with E-state index < -0.39 is 29.7 Å². The van der Waals surface area contributed by atoms with Crippen LogP contribution in [0.5, 0.6) is 11.5 Å². The zero-order valence-corrected chi connectivity index (χ0v) is 24.2. The number of carbonyl (C=O) groups excluding carboxylic acids is 4. The highest BCUT2D eigenvalue weighted by molar-refractivity contribution is 9.10. The van der Waals surface area contributed by atoms with Gasteiger partial charge in [0.2, 0.25) is 0 Å². The third-order valence-electron chi connectivity index (χ3n) is 5.47. The molecule has 1 unspecified atom stereocenters. The lowest BCUT2D eigenvalue weighted by Gasteiger charge is -2.13. The number of hydrazone groups is 1. The Labute approximate surface area is 245 Å². The molecular formula is C29H29BrN4O7. The van der Waals surface area contributed by atoms with Crippen LogP contribution in [0.4, 0.5) is 5.69 Å². The Hall–Kier alpha value is -4.71. The molecule has 0 aliphatic rings. The zero-order valence-electron chi connectivity index (χ0n) is 22.6. The topological polar surface area (TPSA) is 144 Å². The quantitative estimate of drug-likeness (QED) is 0.157. The van der Waals surface area contributed by atoms with Gasteiger partial charge in [0.15, 0.2) is 18.1 Å². The summed E-state index contributed by atoms with van der Waals surface area (Å²) in [4.78, 5) is 48.8. The van der Waals surface area contributed by atoms with Crippen LogP contribution in [0.3, 0.4) is 0 Å². The number of carbonyl (C=O) groups is 4. The lowest BCUT2D eigenvalue weighted by atomic mass is 10.2. The van der Waals surface area contributed by atoms with Gasteiger partial charge in [0.1, 0.15) is 6.04 Å². The molecule has 0 aliphatic carbocycles. The summed E-state index contributed by atoms with van der Waals surface area (Å²) in [5, 5.41) is 9.24. The van der Waals surface area contributed by atoms with Crippen molar-refractivity contribution in [2.24, 2.45) is 5.10 Å². The van der Waals surface area contributed by atoms with Gasteiger partial charge in [-0.25, -0.2) is 10.2 Å². The van der Waals surface area contributed by atoms with E-state index in [1.807, 2.05) is 0 Å². The fourth-order valence-electron chi connectivity index (χ4n) is 3.38. The van der Waals surface area contributed by atoms with Gasteiger partial charge in [-0.15, -0.1) is 0 Å². The van der Waals surface area contributed by atoms with Gasteiger partial charge in [0, 0.05) is 10.2 Å². The van der Waals surface area contributed by atoms with E-state index in [9.17, 15) is 19.2 Å². The molecule has 0 aromatic heterocycles. The largest absolute Gasteiger partial charge is 0.493 e. The molecule has 0 heterocycles. The van der Waals surface area contributed by atoms with Crippen molar-refractivity contribution >= 4 is 51.5 Å². The molecule has 214 valence electrons. The number of hydrogen-bond donors (Lipinski definition) is 3.